The number of rotatable bonds is 6. The first-order chi connectivity index (χ1) is 8.58. The molecule has 5 heteroatoms. The Balaban J connectivity index is 2.48. The monoisotopic (exact) mass is 252 g/mol. The van der Waals surface area contributed by atoms with E-state index < -0.39 is 0 Å². The Hall–Kier alpha value is -1.75. The van der Waals surface area contributed by atoms with Gasteiger partial charge in [-0.2, -0.15) is 0 Å². The number of carbonyl (C=O) groups excluding carboxylic acids is 1. The first kappa shape index (κ1) is 14.3. The molecule has 100 valence electrons. The highest BCUT2D eigenvalue weighted by atomic mass is 16.3. The van der Waals surface area contributed by atoms with Gasteiger partial charge in [0, 0.05) is 18.7 Å². The molecule has 18 heavy (non-hydrogen) atoms. The molecule has 0 unspecified atom stereocenters. The van der Waals surface area contributed by atoms with Gasteiger partial charge in [-0.3, -0.25) is 4.79 Å². The number of likely N-dealkylation sites (N-methyl/N-ethyl adjacent to an activating group) is 1. The average Bonchev–Trinajstić information content (AvgIpc) is 2.37. The Bertz CT molecular complexity index is 403. The number of hydrogen-bond donors (Lipinski definition) is 3. The molecule has 0 atom stereocenters. The number of nitrogens with zero attached hydrogens (tertiary/aromatic N) is 1. The number of phenolic OH excluding ortho intramolecular Hbond substituents is 2. The van der Waals surface area contributed by atoms with Crippen molar-refractivity contribution in [2.75, 3.05) is 26.2 Å². The summed E-state index contributed by atoms with van der Waals surface area (Å²) in [5.74, 6) is -0.765. The lowest BCUT2D eigenvalue weighted by molar-refractivity contribution is 0.0948. The van der Waals surface area contributed by atoms with Crippen molar-refractivity contribution in [2.24, 2.45) is 0 Å². The standard InChI is InChI=1S/C13H20N2O3/c1-3-15(4-2)8-7-14-13(18)10-5-6-11(16)12(17)9-10/h5-6,9,16-17H,3-4,7-8H2,1-2H3,(H,14,18). The molecule has 0 saturated heterocycles. The molecule has 0 aromatic heterocycles. The van der Waals surface area contributed by atoms with Crippen molar-refractivity contribution in [3.63, 3.8) is 0 Å². The molecule has 5 nitrogen and oxygen atoms in total. The topological polar surface area (TPSA) is 72.8 Å². The van der Waals surface area contributed by atoms with Crippen molar-refractivity contribution >= 4 is 5.91 Å². The van der Waals surface area contributed by atoms with Crippen molar-refractivity contribution in [1.82, 2.24) is 10.2 Å². The predicted molar refractivity (Wildman–Crippen MR) is 69.9 cm³/mol. The van der Waals surface area contributed by atoms with Crippen LogP contribution in [0.25, 0.3) is 0 Å². The zero-order valence-corrected chi connectivity index (χ0v) is 10.8. The fraction of sp³-hybridized carbons (Fsp3) is 0.462. The lowest BCUT2D eigenvalue weighted by Gasteiger charge is -2.17. The molecule has 1 aromatic rings. The molecule has 0 spiro atoms. The minimum absolute atomic E-state index is 0.227. The van der Waals surface area contributed by atoms with Crippen LogP contribution in [0.3, 0.4) is 0 Å². The van der Waals surface area contributed by atoms with Crippen molar-refractivity contribution in [3.05, 3.63) is 23.8 Å². The molecule has 0 fully saturated rings. The Kier molecular flexibility index (Phi) is 5.45. The smallest absolute Gasteiger partial charge is 0.251 e. The van der Waals surface area contributed by atoms with Crippen LogP contribution in [0.5, 0.6) is 11.5 Å². The molecule has 0 aliphatic carbocycles. The highest BCUT2D eigenvalue weighted by Crippen LogP contribution is 2.24. The van der Waals surface area contributed by atoms with E-state index in [1.165, 1.54) is 18.2 Å². The number of amides is 1. The average molecular weight is 252 g/mol. The van der Waals surface area contributed by atoms with Crippen LogP contribution in [0.1, 0.15) is 24.2 Å². The second-order valence-electron chi connectivity index (χ2n) is 3.99. The first-order valence-corrected chi connectivity index (χ1v) is 6.11. The lowest BCUT2D eigenvalue weighted by Crippen LogP contribution is -2.34. The summed E-state index contributed by atoms with van der Waals surface area (Å²) in [6, 6.07) is 4.03. The van der Waals surface area contributed by atoms with Crippen molar-refractivity contribution in [2.45, 2.75) is 13.8 Å². The number of benzene rings is 1. The lowest BCUT2D eigenvalue weighted by atomic mass is 10.2. The maximum atomic E-state index is 11.7. The van der Waals surface area contributed by atoms with Crippen molar-refractivity contribution in [3.8, 4) is 11.5 Å². The van der Waals surface area contributed by atoms with E-state index in [4.69, 9.17) is 5.11 Å². The van der Waals surface area contributed by atoms with Gasteiger partial charge in [0.05, 0.1) is 0 Å². The van der Waals surface area contributed by atoms with Gasteiger partial charge in [0.15, 0.2) is 11.5 Å². The van der Waals surface area contributed by atoms with E-state index in [1.807, 2.05) is 0 Å². The second-order valence-corrected chi connectivity index (χ2v) is 3.99. The minimum Gasteiger partial charge on any atom is -0.504 e. The van der Waals surface area contributed by atoms with Crippen LogP contribution in [0.15, 0.2) is 18.2 Å². The Morgan fingerprint density at radius 3 is 2.44 bits per heavy atom. The molecule has 0 saturated carbocycles. The third-order valence-electron chi connectivity index (χ3n) is 2.85. The fourth-order valence-corrected chi connectivity index (χ4v) is 1.63. The quantitative estimate of drug-likeness (QED) is 0.664. The zero-order valence-electron chi connectivity index (χ0n) is 10.8. The van der Waals surface area contributed by atoms with Crippen molar-refractivity contribution < 1.29 is 15.0 Å². The van der Waals surface area contributed by atoms with E-state index >= 15 is 0 Å². The van der Waals surface area contributed by atoms with Crippen molar-refractivity contribution in [1.29, 1.82) is 0 Å². The SMILES string of the molecule is CCN(CC)CCNC(=O)c1ccc(O)c(O)c1. The van der Waals surface area contributed by atoms with Gasteiger partial charge in [-0.15, -0.1) is 0 Å². The van der Waals surface area contributed by atoms with E-state index in [1.54, 1.807) is 0 Å². The highest BCUT2D eigenvalue weighted by Gasteiger charge is 2.08. The van der Waals surface area contributed by atoms with Gasteiger partial charge in [-0.05, 0) is 31.3 Å². The molecular formula is C13H20N2O3. The fourth-order valence-electron chi connectivity index (χ4n) is 1.63. The molecule has 0 radical (unpaired) electrons. The van der Waals surface area contributed by atoms with Gasteiger partial charge >= 0.3 is 0 Å². The Labute approximate surface area is 107 Å². The first-order valence-electron chi connectivity index (χ1n) is 6.11. The summed E-state index contributed by atoms with van der Waals surface area (Å²) in [4.78, 5) is 13.9. The van der Waals surface area contributed by atoms with Crippen LogP contribution in [0.4, 0.5) is 0 Å². The molecule has 0 aliphatic rings. The molecule has 0 heterocycles. The third kappa shape index (κ3) is 3.92. The summed E-state index contributed by atoms with van der Waals surface area (Å²) in [6.45, 7) is 7.40. The van der Waals surface area contributed by atoms with Crippen LogP contribution < -0.4 is 5.32 Å². The van der Waals surface area contributed by atoms with E-state index in [9.17, 15) is 9.90 Å². The van der Waals surface area contributed by atoms with E-state index in [0.29, 0.717) is 12.1 Å². The van der Waals surface area contributed by atoms with Gasteiger partial charge < -0.3 is 20.4 Å². The number of nitrogens with one attached hydrogen (secondary N) is 1. The predicted octanol–water partition coefficient (Wildman–Crippen LogP) is 1.17. The van der Waals surface area contributed by atoms with Crippen LogP contribution in [-0.4, -0.2) is 47.2 Å². The molecular weight excluding hydrogens is 232 g/mol. The summed E-state index contributed by atoms with van der Waals surface area (Å²) >= 11 is 0. The molecule has 1 rings (SSSR count). The molecule has 0 bridgehead atoms. The molecule has 1 amide bonds. The summed E-state index contributed by atoms with van der Waals surface area (Å²) in [5, 5.41) is 21.2. The van der Waals surface area contributed by atoms with Crippen LogP contribution in [-0.2, 0) is 0 Å². The van der Waals surface area contributed by atoms with E-state index in [2.05, 4.69) is 24.1 Å². The summed E-state index contributed by atoms with van der Waals surface area (Å²) in [5.41, 5.74) is 0.338. The maximum absolute atomic E-state index is 11.7. The number of hydrogen-bond acceptors (Lipinski definition) is 4. The highest BCUT2D eigenvalue weighted by molar-refractivity contribution is 5.94. The van der Waals surface area contributed by atoms with E-state index in [0.717, 1.165) is 19.6 Å². The Morgan fingerprint density at radius 2 is 1.89 bits per heavy atom. The van der Waals surface area contributed by atoms with Crippen LogP contribution in [0, 0.1) is 0 Å². The van der Waals surface area contributed by atoms with Crippen LogP contribution in [0.2, 0.25) is 0 Å². The number of carbonyl (C=O) groups is 1. The second kappa shape index (κ2) is 6.86. The van der Waals surface area contributed by atoms with Gasteiger partial charge in [0.1, 0.15) is 0 Å². The number of aromatic hydroxyl groups is 2. The molecule has 0 aliphatic heterocycles. The van der Waals surface area contributed by atoms with Crippen LogP contribution >= 0.6 is 0 Å². The van der Waals surface area contributed by atoms with E-state index in [-0.39, 0.29) is 17.4 Å². The van der Waals surface area contributed by atoms with Gasteiger partial charge in [-0.1, -0.05) is 13.8 Å². The largest absolute Gasteiger partial charge is 0.504 e. The normalized spacial score (nSPS) is 10.6. The van der Waals surface area contributed by atoms with Gasteiger partial charge in [0.2, 0.25) is 0 Å². The zero-order chi connectivity index (χ0) is 13.5. The third-order valence-corrected chi connectivity index (χ3v) is 2.85. The van der Waals surface area contributed by atoms with Gasteiger partial charge in [-0.25, -0.2) is 0 Å². The molecule has 3 N–H and O–H groups in total. The maximum Gasteiger partial charge on any atom is 0.251 e. The minimum atomic E-state index is -0.286. The summed E-state index contributed by atoms with van der Waals surface area (Å²) in [7, 11) is 0. The summed E-state index contributed by atoms with van der Waals surface area (Å²) in [6.07, 6.45) is 0. The van der Waals surface area contributed by atoms with Gasteiger partial charge in [0.25, 0.3) is 5.91 Å². The number of phenols is 2. The summed E-state index contributed by atoms with van der Waals surface area (Å²) < 4.78 is 0. The molecule has 1 aromatic carbocycles. The Morgan fingerprint density at radius 1 is 1.22 bits per heavy atom.